The minimum atomic E-state index is 0.131. The lowest BCUT2D eigenvalue weighted by Gasteiger charge is -2.11. The normalized spacial score (nSPS) is 12.6. The average molecular weight is 316 g/mol. The zero-order valence-electron chi connectivity index (χ0n) is 9.24. The van der Waals surface area contributed by atoms with Crippen molar-refractivity contribution in [3.63, 3.8) is 0 Å². The lowest BCUT2D eigenvalue weighted by atomic mass is 10.2. The van der Waals surface area contributed by atoms with Gasteiger partial charge in [-0.05, 0) is 40.5 Å². The Kier molecular flexibility index (Phi) is 4.15. The van der Waals surface area contributed by atoms with Crippen LogP contribution in [0.4, 0.5) is 0 Å². The van der Waals surface area contributed by atoms with Gasteiger partial charge in [0.2, 0.25) is 0 Å². The van der Waals surface area contributed by atoms with E-state index in [4.69, 9.17) is 11.6 Å². The highest BCUT2D eigenvalue weighted by Gasteiger charge is 2.07. The molecule has 2 rings (SSSR count). The van der Waals surface area contributed by atoms with Gasteiger partial charge in [-0.1, -0.05) is 17.7 Å². The molecule has 1 aromatic heterocycles. The fraction of sp³-hybridized carbons (Fsp3) is 0.273. The largest absolute Gasteiger partial charge is 0.303 e. The van der Waals surface area contributed by atoms with Crippen LogP contribution in [0, 0.1) is 0 Å². The number of aromatic nitrogens is 3. The van der Waals surface area contributed by atoms with E-state index in [2.05, 4.69) is 36.4 Å². The minimum absolute atomic E-state index is 0.131. The van der Waals surface area contributed by atoms with Crippen molar-refractivity contribution < 1.29 is 0 Å². The smallest absolute Gasteiger partial charge is 0.141 e. The summed E-state index contributed by atoms with van der Waals surface area (Å²) in [5, 5.41) is 10.7. The van der Waals surface area contributed by atoms with Gasteiger partial charge in [-0.15, -0.1) is 0 Å². The third-order valence-corrected chi connectivity index (χ3v) is 3.65. The van der Waals surface area contributed by atoms with Crippen molar-refractivity contribution in [2.24, 2.45) is 0 Å². The van der Waals surface area contributed by atoms with Crippen molar-refractivity contribution in [3.8, 4) is 0 Å². The number of benzene rings is 1. The van der Waals surface area contributed by atoms with Crippen LogP contribution in [0.15, 0.2) is 29.0 Å². The Hall–Kier alpha value is -0.910. The van der Waals surface area contributed by atoms with E-state index in [1.807, 2.05) is 25.1 Å². The van der Waals surface area contributed by atoms with Gasteiger partial charge in [0.25, 0.3) is 0 Å². The van der Waals surface area contributed by atoms with Crippen LogP contribution >= 0.6 is 27.5 Å². The maximum atomic E-state index is 5.93. The molecule has 17 heavy (non-hydrogen) atoms. The monoisotopic (exact) mass is 314 g/mol. The van der Waals surface area contributed by atoms with Crippen molar-refractivity contribution in [2.45, 2.75) is 19.5 Å². The quantitative estimate of drug-likeness (QED) is 0.911. The lowest BCUT2D eigenvalue weighted by molar-refractivity contribution is 0.548. The molecule has 1 heterocycles. The van der Waals surface area contributed by atoms with Crippen LogP contribution in [0.3, 0.4) is 0 Å². The topological polar surface area (TPSA) is 53.6 Å². The van der Waals surface area contributed by atoms with Crippen LogP contribution < -0.4 is 5.32 Å². The molecular weight excluding hydrogens is 304 g/mol. The maximum Gasteiger partial charge on any atom is 0.141 e. The van der Waals surface area contributed by atoms with Crippen LogP contribution in [0.1, 0.15) is 24.4 Å². The first-order chi connectivity index (χ1) is 8.16. The number of rotatable bonds is 4. The van der Waals surface area contributed by atoms with Crippen LogP contribution in [0.25, 0.3) is 0 Å². The van der Waals surface area contributed by atoms with Gasteiger partial charge in [0.1, 0.15) is 12.2 Å². The first-order valence-electron chi connectivity index (χ1n) is 5.19. The van der Waals surface area contributed by atoms with E-state index in [1.165, 1.54) is 6.33 Å². The Morgan fingerprint density at radius 2 is 2.35 bits per heavy atom. The van der Waals surface area contributed by atoms with E-state index < -0.39 is 0 Å². The highest BCUT2D eigenvalue weighted by Crippen LogP contribution is 2.23. The zero-order chi connectivity index (χ0) is 12.3. The van der Waals surface area contributed by atoms with Gasteiger partial charge in [0, 0.05) is 11.0 Å². The second-order valence-corrected chi connectivity index (χ2v) is 4.98. The summed E-state index contributed by atoms with van der Waals surface area (Å²) in [4.78, 5) is 4.10. The predicted molar refractivity (Wildman–Crippen MR) is 70.8 cm³/mol. The van der Waals surface area contributed by atoms with Crippen LogP contribution in [-0.4, -0.2) is 15.2 Å². The molecule has 0 aliphatic carbocycles. The second kappa shape index (κ2) is 5.62. The van der Waals surface area contributed by atoms with E-state index in [9.17, 15) is 0 Å². The summed E-state index contributed by atoms with van der Waals surface area (Å²) in [6.07, 6.45) is 1.51. The molecule has 0 aliphatic heterocycles. The van der Waals surface area contributed by atoms with Crippen molar-refractivity contribution in [1.29, 1.82) is 0 Å². The molecule has 0 saturated heterocycles. The molecule has 2 N–H and O–H groups in total. The summed E-state index contributed by atoms with van der Waals surface area (Å²) in [6.45, 7) is 2.78. The third-order valence-electron chi connectivity index (χ3n) is 2.44. The molecule has 0 amide bonds. The molecule has 2 aromatic rings. The number of aromatic amines is 1. The van der Waals surface area contributed by atoms with Gasteiger partial charge in [-0.2, -0.15) is 5.10 Å². The highest BCUT2D eigenvalue weighted by molar-refractivity contribution is 9.10. The fourth-order valence-corrected chi connectivity index (χ4v) is 1.98. The number of nitrogens with one attached hydrogen (secondary N) is 2. The van der Waals surface area contributed by atoms with E-state index >= 15 is 0 Å². The molecule has 1 aromatic carbocycles. The standard InChI is InChI=1S/C11H12BrClN4/c1-7(11-15-6-16-17-11)14-5-8-2-3-10(13)9(12)4-8/h2-4,6-7,14H,5H2,1H3,(H,15,16,17). The number of hydrogen-bond donors (Lipinski definition) is 2. The van der Waals surface area contributed by atoms with Crippen molar-refractivity contribution >= 4 is 27.5 Å². The number of halogens is 2. The van der Waals surface area contributed by atoms with E-state index in [1.54, 1.807) is 0 Å². The van der Waals surface area contributed by atoms with Crippen LogP contribution in [0.2, 0.25) is 5.02 Å². The van der Waals surface area contributed by atoms with Crippen LogP contribution in [-0.2, 0) is 6.54 Å². The molecule has 0 saturated carbocycles. The molecule has 0 bridgehead atoms. The number of H-pyrrole nitrogens is 1. The minimum Gasteiger partial charge on any atom is -0.303 e. The molecule has 0 fully saturated rings. The summed E-state index contributed by atoms with van der Waals surface area (Å²) in [5.74, 6) is 0.832. The molecule has 0 aliphatic rings. The SMILES string of the molecule is CC(NCc1ccc(Cl)c(Br)c1)c1ncn[nH]1. The molecule has 1 atom stereocenters. The van der Waals surface area contributed by atoms with Gasteiger partial charge in [-0.3, -0.25) is 5.10 Å². The number of nitrogens with zero attached hydrogens (tertiary/aromatic N) is 2. The molecule has 90 valence electrons. The molecule has 0 spiro atoms. The van der Waals surface area contributed by atoms with Gasteiger partial charge in [-0.25, -0.2) is 4.98 Å². The van der Waals surface area contributed by atoms with Gasteiger partial charge in [0.15, 0.2) is 0 Å². The van der Waals surface area contributed by atoms with E-state index in [0.29, 0.717) is 0 Å². The summed E-state index contributed by atoms with van der Waals surface area (Å²) in [6, 6.07) is 6.00. The molecule has 0 radical (unpaired) electrons. The van der Waals surface area contributed by atoms with Crippen molar-refractivity contribution in [3.05, 3.63) is 45.4 Å². The fourth-order valence-electron chi connectivity index (χ4n) is 1.44. The summed E-state index contributed by atoms with van der Waals surface area (Å²) >= 11 is 9.34. The summed E-state index contributed by atoms with van der Waals surface area (Å²) in [7, 11) is 0. The average Bonchev–Trinajstić information content (AvgIpc) is 2.84. The molecule has 1 unspecified atom stereocenters. The lowest BCUT2D eigenvalue weighted by Crippen LogP contribution is -2.19. The summed E-state index contributed by atoms with van der Waals surface area (Å²) < 4.78 is 0.908. The van der Waals surface area contributed by atoms with E-state index in [-0.39, 0.29) is 6.04 Å². The second-order valence-electron chi connectivity index (χ2n) is 3.72. The van der Waals surface area contributed by atoms with Gasteiger partial charge < -0.3 is 5.32 Å². The molecule has 6 heteroatoms. The number of hydrogen-bond acceptors (Lipinski definition) is 3. The highest BCUT2D eigenvalue weighted by atomic mass is 79.9. The Balaban J connectivity index is 1.96. The predicted octanol–water partition coefficient (Wildman–Crippen LogP) is 3.07. The van der Waals surface area contributed by atoms with Crippen molar-refractivity contribution in [2.75, 3.05) is 0 Å². The Bertz CT molecular complexity index is 486. The molecular formula is C11H12BrClN4. The first kappa shape index (κ1) is 12.5. The van der Waals surface area contributed by atoms with E-state index in [0.717, 1.165) is 27.4 Å². The Morgan fingerprint density at radius 1 is 1.53 bits per heavy atom. The summed E-state index contributed by atoms with van der Waals surface area (Å²) in [5.41, 5.74) is 1.16. The first-order valence-corrected chi connectivity index (χ1v) is 6.36. The molecule has 4 nitrogen and oxygen atoms in total. The third kappa shape index (κ3) is 3.28. The van der Waals surface area contributed by atoms with Crippen LogP contribution in [0.5, 0.6) is 0 Å². The Morgan fingerprint density at radius 3 is 3.00 bits per heavy atom. The zero-order valence-corrected chi connectivity index (χ0v) is 11.6. The van der Waals surface area contributed by atoms with Gasteiger partial charge >= 0.3 is 0 Å². The van der Waals surface area contributed by atoms with Crippen molar-refractivity contribution in [1.82, 2.24) is 20.5 Å². The Labute approximate surface area is 113 Å². The maximum absolute atomic E-state index is 5.93. The van der Waals surface area contributed by atoms with Gasteiger partial charge in [0.05, 0.1) is 11.1 Å².